The fraction of sp³-hybridized carbons (Fsp3) is 0.638. The van der Waals surface area contributed by atoms with E-state index in [-0.39, 0.29) is 42.4 Å². The van der Waals surface area contributed by atoms with Gasteiger partial charge in [0.15, 0.2) is 0 Å². The topological polar surface area (TPSA) is 131 Å². The maximum Gasteiger partial charge on any atom is 0.145 e. The Morgan fingerprint density at radius 1 is 1.18 bits per heavy atom. The summed E-state index contributed by atoms with van der Waals surface area (Å²) in [5.41, 5.74) is 5.43. The lowest BCUT2D eigenvalue weighted by Crippen LogP contribution is -2.63. The van der Waals surface area contributed by atoms with Crippen molar-refractivity contribution in [2.24, 2.45) is 29.1 Å². The van der Waals surface area contributed by atoms with Gasteiger partial charge in [0.05, 0.1) is 18.3 Å². The molecule has 1 heterocycles. The third kappa shape index (κ3) is 9.72. The predicted molar refractivity (Wildman–Crippen MR) is 222 cm³/mol. The number of aldehydes is 1. The average Bonchev–Trinajstić information content (AvgIpc) is 3.52. The zero-order valence-corrected chi connectivity index (χ0v) is 34.1. The van der Waals surface area contributed by atoms with Gasteiger partial charge >= 0.3 is 0 Å². The van der Waals surface area contributed by atoms with Gasteiger partial charge in [-0.1, -0.05) is 71.9 Å². The van der Waals surface area contributed by atoms with Crippen LogP contribution in [0, 0.1) is 29.1 Å². The molecule has 1 aliphatic heterocycles. The molecule has 8 unspecified atom stereocenters. The highest BCUT2D eigenvalue weighted by Gasteiger charge is 2.67. The maximum atomic E-state index is 12.8. The molecule has 304 valence electrons. The van der Waals surface area contributed by atoms with Gasteiger partial charge in [-0.05, 0) is 151 Å². The Hall–Kier alpha value is -2.69. The van der Waals surface area contributed by atoms with Gasteiger partial charge in [0.1, 0.15) is 6.29 Å². The van der Waals surface area contributed by atoms with E-state index in [0.717, 1.165) is 80.1 Å². The number of ether oxygens (including phenoxy) is 1. The van der Waals surface area contributed by atoms with E-state index >= 15 is 0 Å². The van der Waals surface area contributed by atoms with Crippen molar-refractivity contribution in [1.29, 1.82) is 0 Å². The van der Waals surface area contributed by atoms with Crippen LogP contribution in [0.15, 0.2) is 83.0 Å². The molecule has 2 fully saturated rings. The molecular formula is C47H70N2O6. The quantitative estimate of drug-likeness (QED) is 0.0695. The van der Waals surface area contributed by atoms with Crippen LogP contribution >= 0.6 is 0 Å². The number of benzene rings is 1. The van der Waals surface area contributed by atoms with Crippen LogP contribution < -0.4 is 10.6 Å². The van der Waals surface area contributed by atoms with E-state index in [1.807, 2.05) is 19.2 Å². The number of hydrogen-bond acceptors (Lipinski definition) is 8. The minimum atomic E-state index is -1.16. The van der Waals surface area contributed by atoms with E-state index in [9.17, 15) is 25.2 Å². The molecule has 4 aliphatic rings. The zero-order valence-electron chi connectivity index (χ0n) is 34.1. The minimum Gasteiger partial charge on any atom is -0.396 e. The van der Waals surface area contributed by atoms with E-state index in [4.69, 9.17) is 4.74 Å². The summed E-state index contributed by atoms with van der Waals surface area (Å²) in [6.45, 7) is 10.9. The lowest BCUT2D eigenvalue weighted by Gasteiger charge is -2.60. The lowest BCUT2D eigenvalue weighted by atomic mass is 9.47. The Bertz CT molecular complexity index is 1600. The first kappa shape index (κ1) is 43.4. The second kappa shape index (κ2) is 19.6. The number of rotatable bonds is 15. The van der Waals surface area contributed by atoms with Crippen LogP contribution in [0.2, 0.25) is 0 Å². The number of nitrogens with one attached hydrogen (secondary N) is 2. The lowest BCUT2D eigenvalue weighted by molar-refractivity contribution is -0.190. The van der Waals surface area contributed by atoms with Gasteiger partial charge in [0, 0.05) is 43.7 Å². The van der Waals surface area contributed by atoms with Crippen molar-refractivity contribution in [3.8, 4) is 0 Å². The molecule has 0 saturated heterocycles. The summed E-state index contributed by atoms with van der Waals surface area (Å²) >= 11 is 0. The molecule has 2 saturated carbocycles. The number of allylic oxidation sites excluding steroid dienone is 7. The summed E-state index contributed by atoms with van der Waals surface area (Å²) in [5.74, 6) is -0.292. The van der Waals surface area contributed by atoms with Gasteiger partial charge in [-0.2, -0.15) is 0 Å². The third-order valence-corrected chi connectivity index (χ3v) is 13.9. The van der Waals surface area contributed by atoms with E-state index < -0.39 is 17.1 Å². The molecule has 8 atom stereocenters. The van der Waals surface area contributed by atoms with E-state index in [1.54, 1.807) is 7.11 Å². The average molecular weight is 759 g/mol. The van der Waals surface area contributed by atoms with Crippen molar-refractivity contribution in [3.05, 3.63) is 94.1 Å². The fourth-order valence-corrected chi connectivity index (χ4v) is 10.9. The summed E-state index contributed by atoms with van der Waals surface area (Å²) in [4.78, 5) is 12.5. The van der Waals surface area contributed by atoms with E-state index in [2.05, 4.69) is 67.5 Å². The molecule has 0 amide bonds. The van der Waals surface area contributed by atoms with Gasteiger partial charge in [-0.15, -0.1) is 0 Å². The van der Waals surface area contributed by atoms with Crippen molar-refractivity contribution in [2.75, 3.05) is 47.1 Å². The second-order valence-corrected chi connectivity index (χ2v) is 17.5. The summed E-state index contributed by atoms with van der Waals surface area (Å²) in [5, 5.41) is 53.2. The number of methoxy groups -OCH3 is 1. The zero-order chi connectivity index (χ0) is 39.6. The van der Waals surface area contributed by atoms with Crippen LogP contribution in [-0.4, -0.2) is 91.0 Å². The number of carbonyl (C=O) groups excluding carboxylic acids is 1. The van der Waals surface area contributed by atoms with Crippen molar-refractivity contribution in [2.45, 2.75) is 115 Å². The van der Waals surface area contributed by atoms with Gasteiger partial charge in [0.25, 0.3) is 0 Å². The van der Waals surface area contributed by atoms with Crippen LogP contribution in [0.5, 0.6) is 0 Å². The van der Waals surface area contributed by atoms with E-state index in [1.165, 1.54) is 16.7 Å². The SMILES string of the molecule is C=C(C=CC=C(CO)C1CCC2(C(CCCO)C3=C(C=O)CCCC3CC2(O)CCNC)C1O)C1CC=C(C)CNC(C)(CCOC)Cc2cccc(c2)C1. The van der Waals surface area contributed by atoms with Gasteiger partial charge in [-0.3, -0.25) is 4.79 Å². The molecule has 2 bridgehead atoms. The third-order valence-electron chi connectivity index (χ3n) is 13.9. The number of aliphatic hydroxyl groups excluding tert-OH is 3. The smallest absolute Gasteiger partial charge is 0.145 e. The summed E-state index contributed by atoms with van der Waals surface area (Å²) in [6.07, 6.45) is 17.8. The molecule has 8 nitrogen and oxygen atoms in total. The monoisotopic (exact) mass is 759 g/mol. The molecule has 3 aliphatic carbocycles. The Balaban J connectivity index is 1.41. The van der Waals surface area contributed by atoms with Crippen molar-refractivity contribution < 1.29 is 30.0 Å². The standard InChI is InChI=1S/C47H70N2O6/c1-33-17-18-37(27-35-11-7-12-36(26-35)28-45(3,49-30-33)22-25-55-5)34(2)10-6-14-39(31-51)41-19-20-47(44(41)53)42(16-9-24-50)43-38(13-8-15-40(43)32-52)29-46(47,54)21-23-48-4/h6-7,10-12,14,17,26,32,37-38,41-42,44,48-51,53-54H,2,8-9,13,15-16,18-25,27-31H2,1,3-5H3. The molecule has 1 spiro atoms. The molecule has 6 N–H and O–H groups in total. The Kier molecular flexibility index (Phi) is 15.5. The Morgan fingerprint density at radius 2 is 1.98 bits per heavy atom. The van der Waals surface area contributed by atoms with Crippen molar-refractivity contribution >= 4 is 6.29 Å². The van der Waals surface area contributed by atoms with Crippen LogP contribution in [0.3, 0.4) is 0 Å². The first-order valence-electron chi connectivity index (χ1n) is 21.0. The van der Waals surface area contributed by atoms with Crippen LogP contribution in [0.25, 0.3) is 0 Å². The summed E-state index contributed by atoms with van der Waals surface area (Å²) < 4.78 is 5.45. The number of aliphatic hydroxyl groups is 4. The fourth-order valence-electron chi connectivity index (χ4n) is 10.9. The largest absolute Gasteiger partial charge is 0.396 e. The van der Waals surface area contributed by atoms with Gasteiger partial charge < -0.3 is 35.8 Å². The van der Waals surface area contributed by atoms with Crippen LogP contribution in [0.4, 0.5) is 0 Å². The van der Waals surface area contributed by atoms with Crippen molar-refractivity contribution in [3.63, 3.8) is 0 Å². The number of fused-ring (bicyclic) bond motifs is 3. The highest BCUT2D eigenvalue weighted by molar-refractivity contribution is 5.75. The molecule has 0 radical (unpaired) electrons. The summed E-state index contributed by atoms with van der Waals surface area (Å²) in [6, 6.07) is 8.91. The number of carbonyl (C=O) groups is 1. The molecule has 1 aromatic carbocycles. The van der Waals surface area contributed by atoms with Crippen molar-refractivity contribution in [1.82, 2.24) is 10.6 Å². The van der Waals surface area contributed by atoms with Gasteiger partial charge in [0.2, 0.25) is 0 Å². The Labute approximate surface area is 330 Å². The molecular weight excluding hydrogens is 689 g/mol. The second-order valence-electron chi connectivity index (χ2n) is 17.5. The number of hydrogen-bond donors (Lipinski definition) is 6. The highest BCUT2D eigenvalue weighted by Crippen LogP contribution is 2.66. The van der Waals surface area contributed by atoms with Crippen LogP contribution in [0.1, 0.15) is 95.6 Å². The normalized spacial score (nSPS) is 33.3. The first-order valence-corrected chi connectivity index (χ1v) is 21.0. The van der Waals surface area contributed by atoms with E-state index in [0.29, 0.717) is 51.7 Å². The summed E-state index contributed by atoms with van der Waals surface area (Å²) in [7, 11) is 3.64. The minimum absolute atomic E-state index is 0.0128. The highest BCUT2D eigenvalue weighted by atomic mass is 16.5. The molecule has 5 rings (SSSR count). The predicted octanol–water partition coefficient (Wildman–Crippen LogP) is 6.34. The van der Waals surface area contributed by atoms with Gasteiger partial charge in [-0.25, -0.2) is 0 Å². The maximum absolute atomic E-state index is 12.8. The molecule has 1 aromatic rings. The van der Waals surface area contributed by atoms with Crippen LogP contribution in [-0.2, 0) is 22.4 Å². The first-order chi connectivity index (χ1) is 26.5. The molecule has 8 heteroatoms. The molecule has 0 aromatic heterocycles. The molecule has 55 heavy (non-hydrogen) atoms. The Morgan fingerprint density at radius 3 is 2.71 bits per heavy atom.